The van der Waals surface area contributed by atoms with E-state index < -0.39 is 54.2 Å². The average molecular weight is 1800 g/mol. The Hall–Kier alpha value is -9.74. The van der Waals surface area contributed by atoms with E-state index in [0.717, 1.165) is 167 Å². The van der Waals surface area contributed by atoms with Crippen molar-refractivity contribution in [2.24, 2.45) is 21.7 Å². The summed E-state index contributed by atoms with van der Waals surface area (Å²) in [5, 5.41) is 105. The lowest BCUT2D eigenvalue weighted by Gasteiger charge is -2.40. The minimum atomic E-state index is -0.851. The Morgan fingerprint density at radius 2 is 0.685 bits per heavy atom. The molecule has 15 N–H and O–H groups in total. The molecule has 22 rings (SSSR count). The number of aliphatic hydroxyl groups excluding tert-OH is 8. The van der Waals surface area contributed by atoms with Gasteiger partial charge in [0.2, 0.25) is 0 Å². The number of nitrogens with one attached hydrogen (secondary N) is 3. The molecule has 124 heavy (non-hydrogen) atoms. The summed E-state index contributed by atoms with van der Waals surface area (Å²) >= 11 is 6.88. The standard InChI is InChI=1S/2C25H27BrN6O2.C22H26N4O2.C22H25N3O3/c2*1-13-16-5-7-32(24(16)30-12-29-13)20-10-25(22(34)21(20)33)6-4-18(28-11-25)15-3-2-14-8-17(26)23(27)31-19(14)9-15;1-14-16-8-10-26(21(16)25-13-24-14)18-11-22(20(28)19(18)27)9-7-17(23-12-22)15-5-3-2-4-6-15;1-14-16-8-10-25(21(16)24-13-23-14)17-11-22(20(27)19(17)26)9-7-18(28-12-22)15-5-3-2-4-6-15/h2*2-3,5,7-9,12,18,20-22,28,33-34H,4,6,10-11H2,1H3,(H2,27,31);2-6,8,10,13,17-20,23,27-28H,7,9,11-12H2,1H3;2-6,8,10,13,17-20,26-27H,7,9,11-12H2,1H3. The number of nitrogens with two attached hydrogens (primary N) is 2. The Labute approximate surface area is 733 Å². The molecule has 14 aromatic rings. The van der Waals surface area contributed by atoms with Crippen LogP contribution in [0.3, 0.4) is 0 Å². The number of pyridine rings is 2. The van der Waals surface area contributed by atoms with Crippen LogP contribution >= 0.6 is 31.9 Å². The van der Waals surface area contributed by atoms with E-state index in [0.29, 0.717) is 63.2 Å². The molecule has 4 saturated carbocycles. The Bertz CT molecular complexity index is 5870. The lowest BCUT2D eigenvalue weighted by atomic mass is 9.74. The number of nitrogens with zero attached hydrogens (tertiary/aromatic N) is 14. The number of hydrogen-bond acceptors (Lipinski definition) is 24. The lowest BCUT2D eigenvalue weighted by molar-refractivity contribution is -0.120. The van der Waals surface area contributed by atoms with E-state index in [1.54, 1.807) is 25.3 Å². The number of ether oxygens (including phenoxy) is 1. The first-order chi connectivity index (χ1) is 59.9. The number of aromatic nitrogens is 14. The highest BCUT2D eigenvalue weighted by Gasteiger charge is 2.59. The summed E-state index contributed by atoms with van der Waals surface area (Å²) in [4.78, 5) is 43.8. The molecule has 0 bridgehead atoms. The van der Waals surface area contributed by atoms with E-state index in [4.69, 9.17) is 16.2 Å². The summed E-state index contributed by atoms with van der Waals surface area (Å²) in [5.74, 6) is 0.958. The van der Waals surface area contributed by atoms with Gasteiger partial charge in [-0.1, -0.05) is 84.9 Å². The average Bonchev–Trinajstić information content (AvgIpc) is 1.61. The Morgan fingerprint density at radius 1 is 0.371 bits per heavy atom. The molecular weight excluding hydrogens is 1700 g/mol. The van der Waals surface area contributed by atoms with Crippen molar-refractivity contribution in [1.29, 1.82) is 0 Å². The molecule has 14 heterocycles. The van der Waals surface area contributed by atoms with Crippen molar-refractivity contribution in [1.82, 2.24) is 84.1 Å². The Morgan fingerprint density at radius 3 is 1.01 bits per heavy atom. The number of piperidine rings is 3. The first kappa shape index (κ1) is 83.8. The smallest absolute Gasteiger partial charge is 0.143 e. The van der Waals surface area contributed by atoms with Crippen molar-refractivity contribution >= 4 is 109 Å². The number of halogens is 2. The number of fused-ring (bicyclic) bond motifs is 6. The minimum absolute atomic E-state index is 0.0537. The van der Waals surface area contributed by atoms with Crippen LogP contribution in [-0.2, 0) is 4.74 Å². The zero-order chi connectivity index (χ0) is 85.8. The van der Waals surface area contributed by atoms with Crippen LogP contribution in [0.15, 0.2) is 193 Å². The van der Waals surface area contributed by atoms with Gasteiger partial charge in [0.1, 0.15) is 83.9 Å². The second-order valence-electron chi connectivity index (χ2n) is 36.1. The summed E-state index contributed by atoms with van der Waals surface area (Å²) in [7, 11) is 0. The second kappa shape index (κ2) is 33.6. The number of rotatable bonds is 8. The van der Waals surface area contributed by atoms with Gasteiger partial charge in [0.05, 0.1) is 104 Å². The first-order valence-electron chi connectivity index (χ1n) is 43.1. The maximum absolute atomic E-state index is 11.2. The van der Waals surface area contributed by atoms with E-state index in [-0.39, 0.29) is 58.6 Å². The van der Waals surface area contributed by atoms with Gasteiger partial charge >= 0.3 is 0 Å². The third kappa shape index (κ3) is 15.0. The third-order valence-corrected chi connectivity index (χ3v) is 30.6. The number of aliphatic hydroxyl groups is 8. The molecular formula is C94H105Br2N19O9. The number of aryl methyl sites for hydroxylation is 4. The van der Waals surface area contributed by atoms with Crippen LogP contribution in [0.4, 0.5) is 11.6 Å². The monoisotopic (exact) mass is 1800 g/mol. The Balaban J connectivity index is 0.000000109. The molecule has 644 valence electrons. The molecule has 4 aliphatic carbocycles. The molecule has 20 unspecified atom stereocenters. The van der Waals surface area contributed by atoms with Crippen molar-refractivity contribution in [2.45, 2.75) is 202 Å². The highest BCUT2D eigenvalue weighted by molar-refractivity contribution is 9.11. The van der Waals surface area contributed by atoms with E-state index in [9.17, 15) is 40.9 Å². The van der Waals surface area contributed by atoms with Crippen molar-refractivity contribution in [3.05, 3.63) is 238 Å². The predicted octanol–water partition coefficient (Wildman–Crippen LogP) is 12.3. The minimum Gasteiger partial charge on any atom is -0.390 e. The summed E-state index contributed by atoms with van der Waals surface area (Å²) in [5.41, 5.74) is 23.9. The van der Waals surface area contributed by atoms with Gasteiger partial charge in [-0.15, -0.1) is 0 Å². The van der Waals surface area contributed by atoms with Crippen molar-refractivity contribution in [3.63, 3.8) is 0 Å². The summed E-state index contributed by atoms with van der Waals surface area (Å²) < 4.78 is 15.8. The number of anilines is 2. The summed E-state index contributed by atoms with van der Waals surface area (Å²) in [6, 6.07) is 44.9. The molecule has 8 aliphatic rings. The van der Waals surface area contributed by atoms with Gasteiger partial charge in [-0.3, -0.25) is 0 Å². The van der Waals surface area contributed by atoms with Gasteiger partial charge in [-0.05, 0) is 207 Å². The fourth-order valence-corrected chi connectivity index (χ4v) is 22.7. The summed E-state index contributed by atoms with van der Waals surface area (Å²) in [6.07, 6.45) is 17.2. The molecule has 4 aliphatic heterocycles. The maximum Gasteiger partial charge on any atom is 0.143 e. The molecule has 28 nitrogen and oxygen atoms in total. The molecule has 4 spiro atoms. The fraction of sp³-hybridized carbons (Fsp3) is 0.426. The molecule has 4 saturated heterocycles. The van der Waals surface area contributed by atoms with Gasteiger partial charge in [0, 0.05) is 117 Å². The van der Waals surface area contributed by atoms with Crippen molar-refractivity contribution in [2.75, 3.05) is 37.7 Å². The maximum atomic E-state index is 11.2. The topological polar surface area (TPSA) is 408 Å². The highest BCUT2D eigenvalue weighted by atomic mass is 79.9. The molecule has 30 heteroatoms. The van der Waals surface area contributed by atoms with Gasteiger partial charge in [-0.25, -0.2) is 49.8 Å². The van der Waals surface area contributed by atoms with E-state index >= 15 is 0 Å². The normalized spacial score (nSPS) is 31.0. The first-order valence-corrected chi connectivity index (χ1v) is 44.7. The largest absolute Gasteiger partial charge is 0.390 e. The van der Waals surface area contributed by atoms with Gasteiger partial charge < -0.3 is 91.3 Å². The molecule has 0 amide bonds. The molecule has 0 radical (unpaired) electrons. The van der Waals surface area contributed by atoms with Crippen molar-refractivity contribution in [3.8, 4) is 0 Å². The van der Waals surface area contributed by atoms with Gasteiger partial charge in [0.15, 0.2) is 0 Å². The van der Waals surface area contributed by atoms with Crippen LogP contribution in [-0.4, -0.2) is 184 Å². The van der Waals surface area contributed by atoms with E-state index in [2.05, 4.69) is 170 Å². The van der Waals surface area contributed by atoms with Crippen LogP contribution in [0.2, 0.25) is 0 Å². The van der Waals surface area contributed by atoms with Crippen LogP contribution in [0.1, 0.15) is 170 Å². The van der Waals surface area contributed by atoms with E-state index in [1.165, 1.54) is 11.1 Å². The zero-order valence-corrected chi connectivity index (χ0v) is 72.7. The van der Waals surface area contributed by atoms with Crippen LogP contribution in [0.5, 0.6) is 0 Å². The summed E-state index contributed by atoms with van der Waals surface area (Å²) in [6.45, 7) is 10.2. The Kier molecular flexibility index (Phi) is 22.7. The van der Waals surface area contributed by atoms with Crippen LogP contribution in [0.25, 0.3) is 65.9 Å². The predicted molar refractivity (Wildman–Crippen MR) is 480 cm³/mol. The quantitative estimate of drug-likeness (QED) is 0.0672. The van der Waals surface area contributed by atoms with Crippen LogP contribution < -0.4 is 27.4 Å². The number of nitrogen functional groups attached to an aromatic ring is 2. The molecule has 10 aromatic heterocycles. The molecule has 4 aromatic carbocycles. The lowest BCUT2D eigenvalue weighted by Crippen LogP contribution is -2.48. The zero-order valence-electron chi connectivity index (χ0n) is 69.5. The SMILES string of the molecule is Cc1ncnc2c1ccn2C1CC2(CCC(c3ccc4cc(Br)c(N)nc4c3)NC2)C(O)C1O.Cc1ncnc2c1ccn2C1CC2(CCC(c3ccc4cc(Br)c(N)nc4c3)NC2)C(O)C1O.Cc1ncnc2c1ccn2C1CC2(CCC(c3ccccc3)NC2)C(O)C1O.Cc1ncnc2c1ccn2C1CC2(CCC(c3ccccc3)OC2)C(O)C1O. The van der Waals surface area contributed by atoms with Crippen LogP contribution in [0, 0.1) is 49.4 Å². The van der Waals surface area contributed by atoms with Gasteiger partial charge in [-0.2, -0.15) is 0 Å². The molecule has 20 atom stereocenters. The highest BCUT2D eigenvalue weighted by Crippen LogP contribution is 2.57. The van der Waals surface area contributed by atoms with Crippen molar-refractivity contribution < 1.29 is 45.6 Å². The number of benzene rings is 4. The third-order valence-electron chi connectivity index (χ3n) is 29.3. The van der Waals surface area contributed by atoms with E-state index in [1.807, 2.05) is 131 Å². The number of hydrogen-bond donors (Lipinski definition) is 13. The second-order valence-corrected chi connectivity index (χ2v) is 37.9. The molecule has 8 fully saturated rings. The fourth-order valence-electron chi connectivity index (χ4n) is 22.0. The van der Waals surface area contributed by atoms with Gasteiger partial charge in [0.25, 0.3) is 0 Å².